The summed E-state index contributed by atoms with van der Waals surface area (Å²) in [5.74, 6) is 0. The molecular weight excluding hydrogens is 222 g/mol. The fourth-order valence-electron chi connectivity index (χ4n) is 2.87. The van der Waals surface area contributed by atoms with Crippen molar-refractivity contribution in [2.24, 2.45) is 0 Å². The predicted octanol–water partition coefficient (Wildman–Crippen LogP) is -0.602. The Morgan fingerprint density at radius 3 is 1.00 bits per heavy atom. The molecule has 0 radical (unpaired) electrons. The van der Waals surface area contributed by atoms with E-state index in [1.807, 2.05) is 0 Å². The van der Waals surface area contributed by atoms with Gasteiger partial charge < -0.3 is 23.4 Å². The molecule has 0 aromatic carbocycles. The van der Waals surface area contributed by atoms with Crippen LogP contribution in [0.15, 0.2) is 0 Å². The summed E-state index contributed by atoms with van der Waals surface area (Å²) in [5.41, 5.74) is 0. The molecule has 0 saturated carbocycles. The Balaban J connectivity index is 1.46. The van der Waals surface area contributed by atoms with Crippen molar-refractivity contribution in [3.8, 4) is 0 Å². The van der Waals surface area contributed by atoms with E-state index in [-0.39, 0.29) is 0 Å². The Labute approximate surface area is 101 Å². The third-order valence-electron chi connectivity index (χ3n) is 3.97. The molecule has 0 N–H and O–H groups in total. The van der Waals surface area contributed by atoms with E-state index >= 15 is 0 Å². The zero-order valence-corrected chi connectivity index (χ0v) is 10.0. The molecule has 0 amide bonds. The monoisotopic (exact) mass is 242 g/mol. The van der Waals surface area contributed by atoms with E-state index in [9.17, 15) is 0 Å². The molecule has 4 aliphatic rings. The van der Waals surface area contributed by atoms with Gasteiger partial charge in [-0.1, -0.05) is 0 Å². The molecule has 4 atom stereocenters. The quantitative estimate of drug-likeness (QED) is 0.421. The number of rotatable bonds is 8. The van der Waals surface area contributed by atoms with Crippen LogP contribution in [0.3, 0.4) is 0 Å². The van der Waals surface area contributed by atoms with E-state index in [0.29, 0.717) is 24.4 Å². The molecule has 0 bridgehead atoms. The Kier molecular flexibility index (Phi) is 2.45. The Bertz CT molecular complexity index is 233. The molecule has 4 aliphatic heterocycles. The highest BCUT2D eigenvalue weighted by Crippen LogP contribution is 2.29. The zero-order valence-electron chi connectivity index (χ0n) is 10.0. The van der Waals surface area contributed by atoms with Crippen LogP contribution < -0.4 is 0 Å². The predicted molar refractivity (Wildman–Crippen MR) is 58.7 cm³/mol. The van der Waals surface area contributed by atoms with Crippen molar-refractivity contribution in [1.29, 1.82) is 0 Å². The second-order valence-corrected chi connectivity index (χ2v) is 5.89. The molecule has 0 aliphatic carbocycles. The van der Waals surface area contributed by atoms with E-state index in [1.165, 1.54) is 0 Å². The first-order chi connectivity index (χ1) is 8.31. The van der Waals surface area contributed by atoms with Crippen molar-refractivity contribution in [3.05, 3.63) is 0 Å². The highest BCUT2D eigenvalue weighted by Gasteiger charge is 2.48. The second-order valence-electron chi connectivity index (χ2n) is 5.89. The van der Waals surface area contributed by atoms with Gasteiger partial charge in [0.2, 0.25) is 0 Å². The van der Waals surface area contributed by atoms with Gasteiger partial charge in [-0.15, -0.1) is 0 Å². The molecule has 0 aromatic rings. The summed E-state index contributed by atoms with van der Waals surface area (Å²) in [6.07, 6.45) is 1.86. The number of ether oxygens (including phenoxy) is 4. The van der Waals surface area contributed by atoms with Crippen molar-refractivity contribution >= 4 is 0 Å². The van der Waals surface area contributed by atoms with Crippen LogP contribution in [0.25, 0.3) is 0 Å². The summed E-state index contributed by atoms with van der Waals surface area (Å²) in [6, 6.07) is 0. The Morgan fingerprint density at radius 2 is 0.824 bits per heavy atom. The van der Waals surface area contributed by atoms with E-state index in [1.54, 1.807) is 0 Å². The van der Waals surface area contributed by atoms with Gasteiger partial charge in [0.1, 0.15) is 50.6 Å². The molecule has 5 heteroatoms. The molecule has 0 aromatic heterocycles. The van der Waals surface area contributed by atoms with Gasteiger partial charge >= 0.3 is 0 Å². The fraction of sp³-hybridized carbons (Fsp3) is 1.00. The van der Waals surface area contributed by atoms with Crippen LogP contribution in [0.1, 0.15) is 0 Å². The van der Waals surface area contributed by atoms with Crippen LogP contribution in [0.4, 0.5) is 0 Å². The van der Waals surface area contributed by atoms with Gasteiger partial charge in [-0.25, -0.2) is 0 Å². The first-order valence-electron chi connectivity index (χ1n) is 6.63. The van der Waals surface area contributed by atoms with Crippen LogP contribution >= 0.6 is 0 Å². The number of nitrogens with zero attached hydrogens (tertiary/aromatic N) is 1. The lowest BCUT2D eigenvalue weighted by molar-refractivity contribution is -0.929. The average molecular weight is 242 g/mol. The molecular formula is C12H20NO4+. The standard InChI is InChI=1S/C12H20NO4/c1(9-5-14-9)13(2-10-6-15-10,3-11-7-16-11)4-12-8-17-12/h9-12H,1-8H2/q+1. The van der Waals surface area contributed by atoms with E-state index in [0.717, 1.165) is 57.1 Å². The Hall–Kier alpha value is -0.200. The van der Waals surface area contributed by atoms with Gasteiger partial charge in [-0.2, -0.15) is 0 Å². The topological polar surface area (TPSA) is 50.1 Å². The van der Waals surface area contributed by atoms with Crippen LogP contribution in [0, 0.1) is 0 Å². The van der Waals surface area contributed by atoms with Crippen molar-refractivity contribution in [1.82, 2.24) is 0 Å². The van der Waals surface area contributed by atoms with Crippen molar-refractivity contribution in [2.45, 2.75) is 24.4 Å². The summed E-state index contributed by atoms with van der Waals surface area (Å²) in [7, 11) is 0. The minimum atomic E-state index is 0.464. The summed E-state index contributed by atoms with van der Waals surface area (Å²) in [5, 5.41) is 0. The number of hydrogen-bond donors (Lipinski definition) is 0. The SMILES string of the molecule is C1OC1C[N+](CC1CO1)(CC1CO1)CC1CO1. The van der Waals surface area contributed by atoms with Gasteiger partial charge in [-0.05, 0) is 0 Å². The summed E-state index contributed by atoms with van der Waals surface area (Å²) in [6.45, 7) is 8.18. The van der Waals surface area contributed by atoms with Gasteiger partial charge in [0.25, 0.3) is 0 Å². The van der Waals surface area contributed by atoms with Gasteiger partial charge in [0.15, 0.2) is 0 Å². The van der Waals surface area contributed by atoms with E-state index in [4.69, 9.17) is 18.9 Å². The molecule has 5 nitrogen and oxygen atoms in total. The van der Waals surface area contributed by atoms with Gasteiger partial charge in [-0.3, -0.25) is 0 Å². The van der Waals surface area contributed by atoms with Crippen molar-refractivity contribution in [3.63, 3.8) is 0 Å². The van der Waals surface area contributed by atoms with Crippen molar-refractivity contribution < 1.29 is 23.4 Å². The number of hydrogen-bond acceptors (Lipinski definition) is 4. The smallest absolute Gasteiger partial charge is 0.130 e. The molecule has 4 saturated heterocycles. The maximum atomic E-state index is 5.43. The van der Waals surface area contributed by atoms with Crippen molar-refractivity contribution in [2.75, 3.05) is 52.6 Å². The summed E-state index contributed by atoms with van der Waals surface area (Å²) in [4.78, 5) is 0. The third kappa shape index (κ3) is 2.98. The van der Waals surface area contributed by atoms with Gasteiger partial charge in [0.05, 0.1) is 26.4 Å². The lowest BCUT2D eigenvalue weighted by Crippen LogP contribution is -2.56. The molecule has 4 rings (SSSR count). The van der Waals surface area contributed by atoms with Crippen LogP contribution in [-0.2, 0) is 18.9 Å². The average Bonchev–Trinajstić information content (AvgIpc) is 3.12. The fourth-order valence-corrected chi connectivity index (χ4v) is 2.87. The van der Waals surface area contributed by atoms with Crippen LogP contribution in [0.2, 0.25) is 0 Å². The minimum Gasteiger partial charge on any atom is -0.367 e. The molecule has 0 spiro atoms. The van der Waals surface area contributed by atoms with Gasteiger partial charge in [0, 0.05) is 0 Å². The third-order valence-corrected chi connectivity index (χ3v) is 3.97. The van der Waals surface area contributed by atoms with E-state index in [2.05, 4.69) is 0 Å². The second kappa shape index (κ2) is 3.90. The molecule has 4 unspecified atom stereocenters. The molecule has 4 fully saturated rings. The van der Waals surface area contributed by atoms with E-state index < -0.39 is 0 Å². The lowest BCUT2D eigenvalue weighted by Gasteiger charge is -2.37. The number of quaternary nitrogens is 1. The first kappa shape index (κ1) is 10.7. The maximum absolute atomic E-state index is 5.43. The normalized spacial score (nSPS) is 45.2. The molecule has 17 heavy (non-hydrogen) atoms. The lowest BCUT2D eigenvalue weighted by atomic mass is 10.2. The number of epoxide rings is 4. The highest BCUT2D eigenvalue weighted by molar-refractivity contribution is 4.80. The summed E-state index contributed by atoms with van der Waals surface area (Å²) >= 11 is 0. The summed E-state index contributed by atoms with van der Waals surface area (Å²) < 4.78 is 22.8. The largest absolute Gasteiger partial charge is 0.367 e. The molecule has 4 heterocycles. The molecule has 96 valence electrons. The zero-order chi connectivity index (χ0) is 11.3. The van der Waals surface area contributed by atoms with Crippen LogP contribution in [0.5, 0.6) is 0 Å². The highest BCUT2D eigenvalue weighted by atomic mass is 16.6. The minimum absolute atomic E-state index is 0.464. The Morgan fingerprint density at radius 1 is 0.588 bits per heavy atom. The van der Waals surface area contributed by atoms with Crippen LogP contribution in [-0.4, -0.2) is 81.5 Å². The maximum Gasteiger partial charge on any atom is 0.130 e. The first-order valence-corrected chi connectivity index (χ1v) is 6.63.